The zero-order chi connectivity index (χ0) is 20.2. The molecule has 4 rings (SSSR count). The number of sulfonamides is 1. The molecule has 2 aliphatic heterocycles. The van der Waals surface area contributed by atoms with Gasteiger partial charge in [0.15, 0.2) is 0 Å². The molecule has 0 amide bonds. The van der Waals surface area contributed by atoms with Gasteiger partial charge in [-0.2, -0.15) is 14.1 Å². The van der Waals surface area contributed by atoms with Crippen LogP contribution in [0.4, 0.5) is 15.9 Å². The van der Waals surface area contributed by atoms with Crippen LogP contribution in [0.15, 0.2) is 12.1 Å². The first-order valence-corrected chi connectivity index (χ1v) is 10.9. The Bertz CT molecular complexity index is 1080. The number of nitrogen functional groups attached to an aromatic ring is 1. The third-order valence-corrected chi connectivity index (χ3v) is 6.71. The lowest BCUT2D eigenvalue weighted by molar-refractivity contribution is 0.0859. The van der Waals surface area contributed by atoms with Crippen LogP contribution in [0.5, 0.6) is 0 Å². The summed E-state index contributed by atoms with van der Waals surface area (Å²) in [5.41, 5.74) is 9.49. The maximum Gasteiger partial charge on any atom is 0.256 e. The Labute approximate surface area is 162 Å². The molecular formula is C18H22FN5O3S. The summed E-state index contributed by atoms with van der Waals surface area (Å²) in [7, 11) is -3.35. The van der Waals surface area contributed by atoms with E-state index in [0.717, 1.165) is 22.2 Å². The second-order valence-electron chi connectivity index (χ2n) is 7.36. The highest BCUT2D eigenvalue weighted by atomic mass is 32.2. The number of aromatic nitrogens is 2. The number of benzene rings is 1. The second-order valence-corrected chi connectivity index (χ2v) is 9.34. The van der Waals surface area contributed by atoms with Crippen LogP contribution in [-0.2, 0) is 23.0 Å². The van der Waals surface area contributed by atoms with Gasteiger partial charge in [-0.3, -0.25) is 4.79 Å². The van der Waals surface area contributed by atoms with E-state index in [1.54, 1.807) is 6.92 Å². The van der Waals surface area contributed by atoms with Crippen LogP contribution in [0.25, 0.3) is 0 Å². The Balaban J connectivity index is 1.71. The SMILES string of the molecule is Cc1cc(F)cc2c1NCC[C@@H]2C(=O)n1nc2c(c1N)CCN(S(C)(=O)=O)C2. The molecule has 150 valence electrons. The third-order valence-electron chi connectivity index (χ3n) is 5.46. The van der Waals surface area contributed by atoms with Crippen molar-refractivity contribution in [3.8, 4) is 0 Å². The number of nitrogens with two attached hydrogens (primary N) is 1. The first-order chi connectivity index (χ1) is 13.2. The molecule has 0 saturated heterocycles. The number of fused-ring (bicyclic) bond motifs is 2. The van der Waals surface area contributed by atoms with Gasteiger partial charge < -0.3 is 11.1 Å². The van der Waals surface area contributed by atoms with E-state index >= 15 is 0 Å². The molecule has 10 heteroatoms. The molecule has 0 aliphatic carbocycles. The van der Waals surface area contributed by atoms with Crippen molar-refractivity contribution in [2.24, 2.45) is 0 Å². The van der Waals surface area contributed by atoms with E-state index in [1.807, 2.05) is 0 Å². The van der Waals surface area contributed by atoms with Crippen molar-refractivity contribution in [2.45, 2.75) is 32.2 Å². The minimum Gasteiger partial charge on any atom is -0.385 e. The maximum absolute atomic E-state index is 14.0. The van der Waals surface area contributed by atoms with Gasteiger partial charge >= 0.3 is 0 Å². The van der Waals surface area contributed by atoms with Gasteiger partial charge in [-0.15, -0.1) is 0 Å². The van der Waals surface area contributed by atoms with E-state index in [4.69, 9.17) is 5.73 Å². The van der Waals surface area contributed by atoms with Gasteiger partial charge in [0, 0.05) is 24.3 Å². The van der Waals surface area contributed by atoms with Gasteiger partial charge in [-0.05, 0) is 43.0 Å². The minimum atomic E-state index is -3.35. The highest BCUT2D eigenvalue weighted by Crippen LogP contribution is 2.36. The van der Waals surface area contributed by atoms with E-state index in [-0.39, 0.29) is 18.3 Å². The summed E-state index contributed by atoms with van der Waals surface area (Å²) in [5, 5.41) is 7.56. The molecule has 2 aromatic rings. The highest BCUT2D eigenvalue weighted by molar-refractivity contribution is 7.88. The predicted octanol–water partition coefficient (Wildman–Crippen LogP) is 1.47. The van der Waals surface area contributed by atoms with E-state index in [0.29, 0.717) is 42.8 Å². The predicted molar refractivity (Wildman–Crippen MR) is 103 cm³/mol. The molecule has 3 N–H and O–H groups in total. The summed E-state index contributed by atoms with van der Waals surface area (Å²) < 4.78 is 40.1. The lowest BCUT2D eigenvalue weighted by Gasteiger charge is -2.27. The number of halogens is 1. The van der Waals surface area contributed by atoms with Crippen LogP contribution < -0.4 is 11.1 Å². The summed E-state index contributed by atoms with van der Waals surface area (Å²) in [4.78, 5) is 13.2. The molecule has 1 aromatic carbocycles. The van der Waals surface area contributed by atoms with Crippen LogP contribution in [0.2, 0.25) is 0 Å². The van der Waals surface area contributed by atoms with Crippen LogP contribution in [0, 0.1) is 12.7 Å². The molecule has 0 saturated carbocycles. The second kappa shape index (κ2) is 6.56. The van der Waals surface area contributed by atoms with Crippen molar-refractivity contribution in [1.82, 2.24) is 14.1 Å². The van der Waals surface area contributed by atoms with Crippen LogP contribution in [0.1, 0.15) is 39.5 Å². The molecule has 28 heavy (non-hydrogen) atoms. The largest absolute Gasteiger partial charge is 0.385 e. The van der Waals surface area contributed by atoms with Crippen molar-refractivity contribution >= 4 is 27.4 Å². The van der Waals surface area contributed by atoms with Crippen LogP contribution in [-0.4, -0.2) is 47.8 Å². The van der Waals surface area contributed by atoms with Gasteiger partial charge in [0.25, 0.3) is 5.91 Å². The quantitative estimate of drug-likeness (QED) is 0.780. The first-order valence-electron chi connectivity index (χ1n) is 9.06. The van der Waals surface area contributed by atoms with Crippen molar-refractivity contribution in [3.05, 3.63) is 40.3 Å². The molecule has 0 spiro atoms. The number of rotatable bonds is 2. The van der Waals surface area contributed by atoms with E-state index in [2.05, 4.69) is 10.4 Å². The van der Waals surface area contributed by atoms with Gasteiger partial charge in [-0.1, -0.05) is 0 Å². The first kappa shape index (κ1) is 18.9. The lowest BCUT2D eigenvalue weighted by Crippen LogP contribution is -2.35. The molecule has 0 fully saturated rings. The van der Waals surface area contributed by atoms with Gasteiger partial charge in [0.2, 0.25) is 10.0 Å². The fourth-order valence-electron chi connectivity index (χ4n) is 4.03. The summed E-state index contributed by atoms with van der Waals surface area (Å²) in [6, 6.07) is 2.81. The highest BCUT2D eigenvalue weighted by Gasteiger charge is 2.34. The standard InChI is InChI=1S/C18H22FN5O3S/c1-10-7-11(19)8-14-12(3-5-21-16(10)14)18(25)24-17(20)13-4-6-23(28(2,26)27)9-15(13)22-24/h7-8,12,21H,3-6,9,20H2,1-2H3/t12-/m0/s1. The van der Waals surface area contributed by atoms with Crippen LogP contribution >= 0.6 is 0 Å². The van der Waals surface area contributed by atoms with Crippen LogP contribution in [0.3, 0.4) is 0 Å². The summed E-state index contributed by atoms with van der Waals surface area (Å²) in [6.45, 7) is 2.77. The van der Waals surface area contributed by atoms with Gasteiger partial charge in [0.1, 0.15) is 11.6 Å². The molecule has 1 atom stereocenters. The average molecular weight is 407 g/mol. The molecule has 0 radical (unpaired) electrons. The monoisotopic (exact) mass is 407 g/mol. The number of carbonyl (C=O) groups is 1. The van der Waals surface area contributed by atoms with E-state index < -0.39 is 21.8 Å². The Kier molecular flexibility index (Phi) is 4.42. The van der Waals surface area contributed by atoms with E-state index in [9.17, 15) is 17.6 Å². The number of hydrogen-bond acceptors (Lipinski definition) is 6. The number of anilines is 2. The minimum absolute atomic E-state index is 0.0925. The van der Waals surface area contributed by atoms with Crippen molar-refractivity contribution in [1.29, 1.82) is 0 Å². The Morgan fingerprint density at radius 2 is 2.14 bits per heavy atom. The van der Waals surface area contributed by atoms with Gasteiger partial charge in [0.05, 0.1) is 24.4 Å². The Hall–Kier alpha value is -2.46. The Morgan fingerprint density at radius 3 is 2.86 bits per heavy atom. The zero-order valence-electron chi connectivity index (χ0n) is 15.7. The summed E-state index contributed by atoms with van der Waals surface area (Å²) >= 11 is 0. The van der Waals surface area contributed by atoms with Crippen molar-refractivity contribution in [3.63, 3.8) is 0 Å². The summed E-state index contributed by atoms with van der Waals surface area (Å²) in [5.74, 6) is -1.05. The number of hydrogen-bond donors (Lipinski definition) is 2. The molecular weight excluding hydrogens is 385 g/mol. The average Bonchev–Trinajstić information content (AvgIpc) is 2.96. The third kappa shape index (κ3) is 3.06. The molecule has 8 nitrogen and oxygen atoms in total. The summed E-state index contributed by atoms with van der Waals surface area (Å²) in [6.07, 6.45) is 2.04. The van der Waals surface area contributed by atoms with E-state index in [1.165, 1.54) is 16.4 Å². The van der Waals surface area contributed by atoms with Crippen molar-refractivity contribution in [2.75, 3.05) is 30.4 Å². The fourth-order valence-corrected chi connectivity index (χ4v) is 4.81. The zero-order valence-corrected chi connectivity index (χ0v) is 16.5. The lowest BCUT2D eigenvalue weighted by atomic mass is 9.88. The molecule has 0 unspecified atom stereocenters. The smallest absolute Gasteiger partial charge is 0.256 e. The number of nitrogens with zero attached hydrogens (tertiary/aromatic N) is 3. The Morgan fingerprint density at radius 1 is 1.39 bits per heavy atom. The maximum atomic E-state index is 14.0. The molecule has 2 aliphatic rings. The molecule has 0 bridgehead atoms. The normalized spacial score (nSPS) is 19.6. The molecule has 1 aromatic heterocycles. The van der Waals surface area contributed by atoms with Crippen molar-refractivity contribution < 1.29 is 17.6 Å². The number of aryl methyl sites for hydroxylation is 1. The topological polar surface area (TPSA) is 110 Å². The number of carbonyl (C=O) groups excluding carboxylic acids is 1. The fraction of sp³-hybridized carbons (Fsp3) is 0.444. The molecule has 3 heterocycles. The van der Waals surface area contributed by atoms with Gasteiger partial charge in [-0.25, -0.2) is 12.8 Å². The number of nitrogens with one attached hydrogen (secondary N) is 1.